The Morgan fingerprint density at radius 2 is 1.68 bits per heavy atom. The van der Waals surface area contributed by atoms with Crippen LogP contribution >= 0.6 is 0 Å². The van der Waals surface area contributed by atoms with Crippen molar-refractivity contribution in [2.24, 2.45) is 5.92 Å². The molecule has 1 saturated carbocycles. The van der Waals surface area contributed by atoms with Gasteiger partial charge in [-0.3, -0.25) is 14.2 Å². The molecule has 1 aliphatic carbocycles. The molecule has 1 aliphatic heterocycles. The number of likely N-dealkylation sites (tertiary alicyclic amines) is 1. The minimum absolute atomic E-state index is 0.0540. The maximum absolute atomic E-state index is 13.3. The molecule has 12 heteroatoms. The van der Waals surface area contributed by atoms with Gasteiger partial charge in [0.1, 0.15) is 29.5 Å². The Balaban J connectivity index is 1.04. The normalized spacial score (nSPS) is 20.7. The summed E-state index contributed by atoms with van der Waals surface area (Å²) in [5.41, 5.74) is -0.562. The molecule has 1 N–H and O–H groups in total. The summed E-state index contributed by atoms with van der Waals surface area (Å²) in [5.74, 6) is -0.431. The van der Waals surface area contributed by atoms with Gasteiger partial charge in [0.2, 0.25) is 11.8 Å². The van der Waals surface area contributed by atoms with E-state index < -0.39 is 11.4 Å². The summed E-state index contributed by atoms with van der Waals surface area (Å²) in [7, 11) is 0. The van der Waals surface area contributed by atoms with E-state index in [1.807, 2.05) is 0 Å². The summed E-state index contributed by atoms with van der Waals surface area (Å²) in [5, 5.41) is 15.8. The number of amides is 1. The zero-order valence-corrected chi connectivity index (χ0v) is 22.3. The highest BCUT2D eigenvalue weighted by Crippen LogP contribution is 2.31. The van der Waals surface area contributed by atoms with Gasteiger partial charge >= 0.3 is 0 Å². The maximum atomic E-state index is 13.3. The van der Waals surface area contributed by atoms with Crippen LogP contribution in [0.25, 0.3) is 16.7 Å². The van der Waals surface area contributed by atoms with Crippen LogP contribution in [0.15, 0.2) is 59.9 Å². The summed E-state index contributed by atoms with van der Waals surface area (Å²) in [6.45, 7) is 0.856. The third-order valence-electron chi connectivity index (χ3n) is 8.11. The number of carbonyl (C=O) groups is 1. The standard InChI is InChI=1S/C29H30F2N6O4/c30-20-3-6-22(7-4-20)37-26-24(16-34-37)28(39)36(18-33-26)17-29(40)11-13-35(14-12-29)27(38)19-1-8-23(9-2-19)41-25-10-5-21(31)15-32-25/h3-7,10,15-16,18-19,23,40H,1-2,8-9,11-14,17H2. The second-order valence-corrected chi connectivity index (χ2v) is 10.9. The second-order valence-electron chi connectivity index (χ2n) is 10.9. The van der Waals surface area contributed by atoms with Crippen LogP contribution in [0.3, 0.4) is 0 Å². The Bertz CT molecular complexity index is 1590. The minimum Gasteiger partial charge on any atom is -0.474 e. The minimum atomic E-state index is -1.16. The number of rotatable bonds is 6. The molecule has 0 bridgehead atoms. The highest BCUT2D eigenvalue weighted by Gasteiger charge is 2.37. The monoisotopic (exact) mass is 564 g/mol. The van der Waals surface area contributed by atoms with Crippen LogP contribution in [-0.4, -0.2) is 65.0 Å². The number of ether oxygens (including phenoxy) is 1. The molecule has 3 aromatic heterocycles. The van der Waals surface area contributed by atoms with Gasteiger partial charge in [-0.2, -0.15) is 5.10 Å². The third kappa shape index (κ3) is 5.69. The van der Waals surface area contributed by atoms with E-state index in [-0.39, 0.29) is 35.9 Å². The van der Waals surface area contributed by atoms with E-state index in [4.69, 9.17) is 4.74 Å². The number of hydrogen-bond donors (Lipinski definition) is 1. The SMILES string of the molecule is O=C(C1CCC(Oc2ccc(F)cn2)CC1)N1CCC(O)(Cn2cnc3c(cnn3-c3ccc(F)cc3)c2=O)CC1. The number of hydrogen-bond acceptors (Lipinski definition) is 7. The lowest BCUT2D eigenvalue weighted by molar-refractivity contribution is -0.141. The second kappa shape index (κ2) is 11.0. The average molecular weight is 565 g/mol. The number of aromatic nitrogens is 5. The van der Waals surface area contributed by atoms with E-state index in [2.05, 4.69) is 15.1 Å². The summed E-state index contributed by atoms with van der Waals surface area (Å²) in [6, 6.07) is 8.54. The summed E-state index contributed by atoms with van der Waals surface area (Å²) in [4.78, 5) is 36.5. The van der Waals surface area contributed by atoms with Gasteiger partial charge in [-0.15, -0.1) is 0 Å². The van der Waals surface area contributed by atoms with Gasteiger partial charge in [0.05, 0.1) is 30.2 Å². The zero-order chi connectivity index (χ0) is 28.6. The fourth-order valence-electron chi connectivity index (χ4n) is 5.74. The molecule has 0 spiro atoms. The molecule has 1 aromatic carbocycles. The first-order valence-corrected chi connectivity index (χ1v) is 13.8. The molecule has 2 aliphatic rings. The predicted molar refractivity (Wildman–Crippen MR) is 144 cm³/mol. The van der Waals surface area contributed by atoms with Gasteiger partial charge in [-0.25, -0.2) is 23.4 Å². The number of piperidine rings is 1. The maximum Gasteiger partial charge on any atom is 0.264 e. The van der Waals surface area contributed by atoms with Gasteiger partial charge in [-0.05, 0) is 68.9 Å². The quantitative estimate of drug-likeness (QED) is 0.382. The van der Waals surface area contributed by atoms with Crippen molar-refractivity contribution in [2.45, 2.75) is 56.8 Å². The number of aliphatic hydroxyl groups is 1. The highest BCUT2D eigenvalue weighted by molar-refractivity contribution is 5.79. The largest absolute Gasteiger partial charge is 0.474 e. The lowest BCUT2D eigenvalue weighted by Gasteiger charge is -2.40. The van der Waals surface area contributed by atoms with Crippen molar-refractivity contribution in [1.29, 1.82) is 0 Å². The molecular weight excluding hydrogens is 534 g/mol. The number of fused-ring (bicyclic) bond motifs is 1. The Labute approximate surface area is 234 Å². The first-order valence-electron chi connectivity index (χ1n) is 13.8. The Hall–Kier alpha value is -4.19. The molecule has 0 radical (unpaired) electrons. The number of carbonyl (C=O) groups excluding carboxylic acids is 1. The summed E-state index contributed by atoms with van der Waals surface area (Å²) < 4.78 is 35.1. The molecule has 0 unspecified atom stereocenters. The predicted octanol–water partition coefficient (Wildman–Crippen LogP) is 3.25. The molecule has 1 amide bonds. The smallest absolute Gasteiger partial charge is 0.264 e. The van der Waals surface area contributed by atoms with Gasteiger partial charge in [0.25, 0.3) is 5.56 Å². The molecule has 41 heavy (non-hydrogen) atoms. The fraction of sp³-hybridized carbons (Fsp3) is 0.414. The zero-order valence-electron chi connectivity index (χ0n) is 22.3. The molecule has 1 saturated heterocycles. The summed E-state index contributed by atoms with van der Waals surface area (Å²) in [6.07, 6.45) is 7.37. The molecule has 0 atom stereocenters. The van der Waals surface area contributed by atoms with Crippen LogP contribution < -0.4 is 10.3 Å². The molecule has 6 rings (SSSR count). The van der Waals surface area contributed by atoms with E-state index in [0.717, 1.165) is 6.20 Å². The average Bonchev–Trinajstić information content (AvgIpc) is 3.42. The molecule has 10 nitrogen and oxygen atoms in total. The number of pyridine rings is 1. The van der Waals surface area contributed by atoms with Crippen LogP contribution in [0.5, 0.6) is 5.88 Å². The van der Waals surface area contributed by atoms with Crippen molar-refractivity contribution in [3.8, 4) is 11.6 Å². The first-order chi connectivity index (χ1) is 19.8. The first kappa shape index (κ1) is 27.0. The van der Waals surface area contributed by atoms with Crippen molar-refractivity contribution in [3.63, 3.8) is 0 Å². The van der Waals surface area contributed by atoms with E-state index in [0.29, 0.717) is 74.2 Å². The van der Waals surface area contributed by atoms with E-state index in [9.17, 15) is 23.5 Å². The van der Waals surface area contributed by atoms with Gasteiger partial charge in [-0.1, -0.05) is 0 Å². The van der Waals surface area contributed by atoms with Crippen molar-refractivity contribution in [3.05, 3.63) is 77.1 Å². The van der Waals surface area contributed by atoms with E-state index >= 15 is 0 Å². The van der Waals surface area contributed by atoms with Crippen LogP contribution in [0.2, 0.25) is 0 Å². The van der Waals surface area contributed by atoms with Crippen molar-refractivity contribution in [2.75, 3.05) is 13.1 Å². The molecule has 2 fully saturated rings. The molecular formula is C29H30F2N6O4. The van der Waals surface area contributed by atoms with Crippen LogP contribution in [0, 0.1) is 17.6 Å². The van der Waals surface area contributed by atoms with E-state index in [1.165, 1.54) is 46.0 Å². The Morgan fingerprint density at radius 1 is 0.976 bits per heavy atom. The fourth-order valence-corrected chi connectivity index (χ4v) is 5.74. The Kier molecular flexibility index (Phi) is 7.24. The third-order valence-corrected chi connectivity index (χ3v) is 8.11. The lowest BCUT2D eigenvalue weighted by Crippen LogP contribution is -2.51. The number of benzene rings is 1. The lowest BCUT2D eigenvalue weighted by atomic mass is 9.85. The number of nitrogens with zero attached hydrogens (tertiary/aromatic N) is 6. The molecule has 4 heterocycles. The Morgan fingerprint density at radius 3 is 2.37 bits per heavy atom. The van der Waals surface area contributed by atoms with Crippen LogP contribution in [-0.2, 0) is 11.3 Å². The highest BCUT2D eigenvalue weighted by atomic mass is 19.1. The van der Waals surface area contributed by atoms with Gasteiger partial charge in [0, 0.05) is 25.1 Å². The van der Waals surface area contributed by atoms with Crippen molar-refractivity contribution >= 4 is 16.9 Å². The van der Waals surface area contributed by atoms with Gasteiger partial charge < -0.3 is 14.7 Å². The van der Waals surface area contributed by atoms with Crippen molar-refractivity contribution in [1.82, 2.24) is 29.2 Å². The molecule has 4 aromatic rings. The van der Waals surface area contributed by atoms with E-state index in [1.54, 1.807) is 17.0 Å². The molecule has 214 valence electrons. The van der Waals surface area contributed by atoms with Crippen LogP contribution in [0.1, 0.15) is 38.5 Å². The van der Waals surface area contributed by atoms with Crippen LogP contribution in [0.4, 0.5) is 8.78 Å². The number of halogens is 2. The van der Waals surface area contributed by atoms with Gasteiger partial charge in [0.15, 0.2) is 5.65 Å². The topological polar surface area (TPSA) is 115 Å². The van der Waals surface area contributed by atoms with Crippen molar-refractivity contribution < 1.29 is 23.4 Å². The summed E-state index contributed by atoms with van der Waals surface area (Å²) >= 11 is 0.